The Morgan fingerprint density at radius 2 is 2.11 bits per heavy atom. The molecular formula is C14H11FN2O2. The predicted molar refractivity (Wildman–Crippen MR) is 66.3 cm³/mol. The van der Waals surface area contributed by atoms with Crippen molar-refractivity contribution >= 4 is 5.91 Å². The Balaban J connectivity index is 1.80. The first kappa shape index (κ1) is 11.6. The second-order valence-corrected chi connectivity index (χ2v) is 4.26. The summed E-state index contributed by atoms with van der Waals surface area (Å²) in [5.41, 5.74) is 1.18. The number of carbonyl (C=O) groups excluding carboxylic acids is 1. The Bertz CT molecular complexity index is 616. The Labute approximate surface area is 109 Å². The molecule has 0 saturated carbocycles. The number of hydrogen-bond acceptors (Lipinski definition) is 3. The van der Waals surface area contributed by atoms with Crippen LogP contribution < -0.4 is 10.1 Å². The Morgan fingerprint density at radius 1 is 1.32 bits per heavy atom. The number of pyridine rings is 1. The lowest BCUT2D eigenvalue weighted by Crippen LogP contribution is -2.29. The molecule has 2 aromatic rings. The van der Waals surface area contributed by atoms with Crippen molar-refractivity contribution in [3.63, 3.8) is 0 Å². The molecule has 1 amide bonds. The molecule has 1 aromatic carbocycles. The van der Waals surface area contributed by atoms with Gasteiger partial charge in [0.05, 0.1) is 6.04 Å². The third-order valence-electron chi connectivity index (χ3n) is 3.00. The number of fused-ring (bicyclic) bond motifs is 1. The molecule has 0 spiro atoms. The predicted octanol–water partition coefficient (Wildman–Crippen LogP) is 2.08. The Hall–Kier alpha value is -2.43. The molecule has 1 aliphatic rings. The third-order valence-corrected chi connectivity index (χ3v) is 3.00. The van der Waals surface area contributed by atoms with Gasteiger partial charge in [-0.15, -0.1) is 0 Å². The van der Waals surface area contributed by atoms with Gasteiger partial charge in [-0.25, -0.2) is 4.39 Å². The van der Waals surface area contributed by atoms with E-state index in [0.29, 0.717) is 23.5 Å². The van der Waals surface area contributed by atoms with Crippen molar-refractivity contribution in [1.82, 2.24) is 10.3 Å². The summed E-state index contributed by atoms with van der Waals surface area (Å²) < 4.78 is 18.6. The number of nitrogens with one attached hydrogen (secondary N) is 1. The highest BCUT2D eigenvalue weighted by molar-refractivity contribution is 5.94. The highest BCUT2D eigenvalue weighted by Gasteiger charge is 2.26. The van der Waals surface area contributed by atoms with E-state index in [1.807, 2.05) is 0 Å². The van der Waals surface area contributed by atoms with E-state index in [1.165, 1.54) is 12.1 Å². The SMILES string of the molecule is O=C(NC1COc2ccc(F)cc21)c1ccncc1. The van der Waals surface area contributed by atoms with Crippen molar-refractivity contribution in [2.45, 2.75) is 6.04 Å². The second kappa shape index (κ2) is 4.68. The van der Waals surface area contributed by atoms with Crippen molar-refractivity contribution in [3.8, 4) is 5.75 Å². The number of ether oxygens (including phenoxy) is 1. The van der Waals surface area contributed by atoms with Crippen LogP contribution in [0.15, 0.2) is 42.7 Å². The van der Waals surface area contributed by atoms with Crippen molar-refractivity contribution in [1.29, 1.82) is 0 Å². The number of aromatic nitrogens is 1. The average molecular weight is 258 g/mol. The van der Waals surface area contributed by atoms with E-state index in [2.05, 4.69) is 10.3 Å². The summed E-state index contributed by atoms with van der Waals surface area (Å²) in [5.74, 6) is 0.0435. The van der Waals surface area contributed by atoms with Gasteiger partial charge >= 0.3 is 0 Å². The fourth-order valence-electron chi connectivity index (χ4n) is 2.05. The molecule has 0 fully saturated rings. The van der Waals surface area contributed by atoms with E-state index in [9.17, 15) is 9.18 Å². The third kappa shape index (κ3) is 2.27. The van der Waals surface area contributed by atoms with Crippen LogP contribution in [0.1, 0.15) is 22.0 Å². The first-order chi connectivity index (χ1) is 9.24. The van der Waals surface area contributed by atoms with Crippen LogP contribution >= 0.6 is 0 Å². The van der Waals surface area contributed by atoms with Gasteiger partial charge in [-0.05, 0) is 30.3 Å². The van der Waals surface area contributed by atoms with E-state index in [1.54, 1.807) is 30.6 Å². The van der Waals surface area contributed by atoms with Crippen LogP contribution in [0, 0.1) is 5.82 Å². The topological polar surface area (TPSA) is 51.2 Å². The van der Waals surface area contributed by atoms with Crippen LogP contribution in [-0.2, 0) is 0 Å². The zero-order valence-corrected chi connectivity index (χ0v) is 9.97. The number of benzene rings is 1. The summed E-state index contributed by atoms with van der Waals surface area (Å²) in [4.78, 5) is 15.9. The molecule has 1 unspecified atom stereocenters. The van der Waals surface area contributed by atoms with Crippen LogP contribution in [0.4, 0.5) is 4.39 Å². The van der Waals surface area contributed by atoms with Crippen LogP contribution in [0.5, 0.6) is 5.75 Å². The number of amides is 1. The molecule has 1 aliphatic heterocycles. The summed E-state index contributed by atoms with van der Waals surface area (Å²) in [6, 6.07) is 7.22. The van der Waals surface area contributed by atoms with Gasteiger partial charge in [-0.1, -0.05) is 0 Å². The molecule has 2 heterocycles. The van der Waals surface area contributed by atoms with Crippen LogP contribution in [0.25, 0.3) is 0 Å². The number of rotatable bonds is 2. The van der Waals surface area contributed by atoms with Gasteiger partial charge in [0.1, 0.15) is 18.2 Å². The van der Waals surface area contributed by atoms with Crippen molar-refractivity contribution in [3.05, 3.63) is 59.7 Å². The summed E-state index contributed by atoms with van der Waals surface area (Å²) in [6.45, 7) is 0.315. The quantitative estimate of drug-likeness (QED) is 0.897. The lowest BCUT2D eigenvalue weighted by atomic mass is 10.1. The molecule has 1 N–H and O–H groups in total. The molecule has 96 valence electrons. The molecule has 1 atom stereocenters. The maximum Gasteiger partial charge on any atom is 0.251 e. The largest absolute Gasteiger partial charge is 0.491 e. The molecular weight excluding hydrogens is 247 g/mol. The molecule has 19 heavy (non-hydrogen) atoms. The molecule has 0 aliphatic carbocycles. The monoisotopic (exact) mass is 258 g/mol. The van der Waals surface area contributed by atoms with E-state index < -0.39 is 0 Å². The minimum atomic E-state index is -0.340. The lowest BCUT2D eigenvalue weighted by molar-refractivity contribution is 0.0930. The van der Waals surface area contributed by atoms with Gasteiger partial charge in [-0.2, -0.15) is 0 Å². The molecule has 0 radical (unpaired) electrons. The van der Waals surface area contributed by atoms with Gasteiger partial charge in [0, 0.05) is 23.5 Å². The second-order valence-electron chi connectivity index (χ2n) is 4.26. The van der Waals surface area contributed by atoms with Crippen molar-refractivity contribution < 1.29 is 13.9 Å². The molecule has 4 nitrogen and oxygen atoms in total. The minimum absolute atomic E-state index is 0.229. The maximum absolute atomic E-state index is 13.2. The first-order valence-electron chi connectivity index (χ1n) is 5.87. The zero-order valence-electron chi connectivity index (χ0n) is 9.97. The van der Waals surface area contributed by atoms with Crippen molar-refractivity contribution in [2.24, 2.45) is 0 Å². The van der Waals surface area contributed by atoms with E-state index >= 15 is 0 Å². The van der Waals surface area contributed by atoms with Crippen LogP contribution in [-0.4, -0.2) is 17.5 Å². The Kier molecular flexibility index (Phi) is 2.87. The minimum Gasteiger partial charge on any atom is -0.491 e. The summed E-state index contributed by atoms with van der Waals surface area (Å²) in [5, 5.41) is 2.82. The summed E-state index contributed by atoms with van der Waals surface area (Å²) in [7, 11) is 0. The smallest absolute Gasteiger partial charge is 0.251 e. The average Bonchev–Trinajstić information content (AvgIpc) is 2.82. The lowest BCUT2D eigenvalue weighted by Gasteiger charge is -2.11. The highest BCUT2D eigenvalue weighted by atomic mass is 19.1. The van der Waals surface area contributed by atoms with Crippen LogP contribution in [0.2, 0.25) is 0 Å². The van der Waals surface area contributed by atoms with E-state index in [0.717, 1.165) is 0 Å². The maximum atomic E-state index is 13.2. The molecule has 0 saturated heterocycles. The van der Waals surface area contributed by atoms with E-state index in [4.69, 9.17) is 4.74 Å². The Morgan fingerprint density at radius 3 is 2.89 bits per heavy atom. The fourth-order valence-corrected chi connectivity index (χ4v) is 2.05. The number of halogens is 1. The van der Waals surface area contributed by atoms with E-state index in [-0.39, 0.29) is 17.8 Å². The normalized spacial score (nSPS) is 16.6. The first-order valence-corrected chi connectivity index (χ1v) is 5.87. The molecule has 3 rings (SSSR count). The van der Waals surface area contributed by atoms with Gasteiger partial charge in [-0.3, -0.25) is 9.78 Å². The summed E-state index contributed by atoms with van der Waals surface area (Å²) in [6.07, 6.45) is 3.10. The molecule has 5 heteroatoms. The van der Waals surface area contributed by atoms with Gasteiger partial charge in [0.2, 0.25) is 0 Å². The zero-order chi connectivity index (χ0) is 13.2. The molecule has 1 aromatic heterocycles. The fraction of sp³-hybridized carbons (Fsp3) is 0.143. The van der Waals surface area contributed by atoms with Crippen molar-refractivity contribution in [2.75, 3.05) is 6.61 Å². The number of nitrogens with zero attached hydrogens (tertiary/aromatic N) is 1. The van der Waals surface area contributed by atoms with Gasteiger partial charge < -0.3 is 10.1 Å². The van der Waals surface area contributed by atoms with Gasteiger partial charge in [0.25, 0.3) is 5.91 Å². The van der Waals surface area contributed by atoms with Gasteiger partial charge in [0.15, 0.2) is 0 Å². The number of hydrogen-bond donors (Lipinski definition) is 1. The summed E-state index contributed by atoms with van der Waals surface area (Å²) >= 11 is 0. The highest BCUT2D eigenvalue weighted by Crippen LogP contribution is 2.32. The molecule has 0 bridgehead atoms. The standard InChI is InChI=1S/C14H11FN2O2/c15-10-1-2-13-11(7-10)12(8-19-13)17-14(18)9-3-5-16-6-4-9/h1-7,12H,8H2,(H,17,18). The van der Waals surface area contributed by atoms with Crippen LogP contribution in [0.3, 0.4) is 0 Å². The number of carbonyl (C=O) groups is 1.